The Morgan fingerprint density at radius 3 is 2.66 bits per heavy atom. The Kier molecular flexibility index (Phi) is 6.03. The van der Waals surface area contributed by atoms with Crippen molar-refractivity contribution in [2.45, 2.75) is 27.2 Å². The number of hydrogen-bond donors (Lipinski definition) is 1. The number of carbonyl (C=O) groups excluding carboxylic acids is 3. The van der Waals surface area contributed by atoms with Gasteiger partial charge in [0.25, 0.3) is 5.91 Å². The molecular formula is C21H21NO6S. The molecule has 8 heteroatoms. The number of benzene rings is 1. The molecule has 2 heterocycles. The van der Waals surface area contributed by atoms with E-state index in [1.165, 1.54) is 24.7 Å². The average Bonchev–Trinajstić information content (AvgIpc) is 3.19. The van der Waals surface area contributed by atoms with Crippen LogP contribution < -0.4 is 5.32 Å². The van der Waals surface area contributed by atoms with Crippen molar-refractivity contribution >= 4 is 45.2 Å². The lowest BCUT2D eigenvalue weighted by Gasteiger charge is -2.07. The molecule has 1 aromatic carbocycles. The maximum atomic E-state index is 12.2. The number of furan rings is 1. The monoisotopic (exact) mass is 415 g/mol. The quantitative estimate of drug-likeness (QED) is 0.613. The summed E-state index contributed by atoms with van der Waals surface area (Å²) in [5.41, 5.74) is 3.52. The van der Waals surface area contributed by atoms with Crippen LogP contribution in [0.5, 0.6) is 0 Å². The Labute approximate surface area is 171 Å². The van der Waals surface area contributed by atoms with Gasteiger partial charge in [-0.25, -0.2) is 4.79 Å². The lowest BCUT2D eigenvalue weighted by Crippen LogP contribution is -2.22. The molecule has 0 fully saturated rings. The fourth-order valence-electron chi connectivity index (χ4n) is 2.91. The molecule has 0 radical (unpaired) electrons. The number of fused-ring (bicyclic) bond motifs is 1. The van der Waals surface area contributed by atoms with E-state index in [0.717, 1.165) is 21.4 Å². The van der Waals surface area contributed by atoms with E-state index in [0.29, 0.717) is 21.7 Å². The zero-order valence-corrected chi connectivity index (χ0v) is 17.4. The highest BCUT2D eigenvalue weighted by atomic mass is 32.1. The molecule has 0 saturated heterocycles. The van der Waals surface area contributed by atoms with Gasteiger partial charge in [0, 0.05) is 15.8 Å². The van der Waals surface area contributed by atoms with Crippen LogP contribution in [0, 0.1) is 20.8 Å². The van der Waals surface area contributed by atoms with Gasteiger partial charge in [-0.1, -0.05) is 12.1 Å². The SMILES string of the molecule is COC(=O)c1c(NC(=O)COC(=O)Cc2coc3cc(C)ccc23)sc(C)c1C. The number of amides is 1. The number of rotatable bonds is 6. The largest absolute Gasteiger partial charge is 0.465 e. The number of anilines is 1. The summed E-state index contributed by atoms with van der Waals surface area (Å²) < 4.78 is 15.3. The zero-order chi connectivity index (χ0) is 21.1. The van der Waals surface area contributed by atoms with Crippen LogP contribution in [0.3, 0.4) is 0 Å². The first-order valence-electron chi connectivity index (χ1n) is 8.90. The van der Waals surface area contributed by atoms with E-state index in [-0.39, 0.29) is 6.42 Å². The van der Waals surface area contributed by atoms with Gasteiger partial charge in [0.15, 0.2) is 6.61 Å². The minimum atomic E-state index is -0.546. The van der Waals surface area contributed by atoms with Gasteiger partial charge in [-0.2, -0.15) is 0 Å². The Balaban J connectivity index is 1.60. The van der Waals surface area contributed by atoms with E-state index in [1.807, 2.05) is 32.0 Å². The molecular weight excluding hydrogens is 394 g/mol. The van der Waals surface area contributed by atoms with Crippen molar-refractivity contribution in [2.75, 3.05) is 19.0 Å². The Morgan fingerprint density at radius 1 is 1.17 bits per heavy atom. The number of hydrogen-bond acceptors (Lipinski definition) is 7. The minimum absolute atomic E-state index is 0.00598. The number of esters is 2. The van der Waals surface area contributed by atoms with Crippen LogP contribution in [-0.2, 0) is 25.5 Å². The van der Waals surface area contributed by atoms with Crippen molar-refractivity contribution in [3.8, 4) is 0 Å². The van der Waals surface area contributed by atoms with E-state index in [9.17, 15) is 14.4 Å². The molecule has 0 aliphatic heterocycles. The molecule has 0 bridgehead atoms. The van der Waals surface area contributed by atoms with Gasteiger partial charge in [-0.15, -0.1) is 11.3 Å². The van der Waals surface area contributed by atoms with Crippen molar-refractivity contribution in [3.63, 3.8) is 0 Å². The predicted octanol–water partition coefficient (Wildman–Crippen LogP) is 3.93. The van der Waals surface area contributed by atoms with E-state index >= 15 is 0 Å². The van der Waals surface area contributed by atoms with Crippen LogP contribution in [-0.4, -0.2) is 31.6 Å². The smallest absolute Gasteiger partial charge is 0.341 e. The molecule has 0 aliphatic carbocycles. The molecule has 0 saturated carbocycles. The van der Waals surface area contributed by atoms with Crippen LogP contribution in [0.25, 0.3) is 11.0 Å². The number of methoxy groups -OCH3 is 1. The molecule has 29 heavy (non-hydrogen) atoms. The molecule has 3 aromatic rings. The minimum Gasteiger partial charge on any atom is -0.465 e. The zero-order valence-electron chi connectivity index (χ0n) is 16.6. The van der Waals surface area contributed by atoms with Crippen molar-refractivity contribution in [2.24, 2.45) is 0 Å². The number of thiophene rings is 1. The summed E-state index contributed by atoms with van der Waals surface area (Å²) in [6.07, 6.45) is 1.51. The predicted molar refractivity (Wildman–Crippen MR) is 109 cm³/mol. The van der Waals surface area contributed by atoms with Gasteiger partial charge >= 0.3 is 11.9 Å². The van der Waals surface area contributed by atoms with E-state index in [2.05, 4.69) is 5.32 Å². The summed E-state index contributed by atoms with van der Waals surface area (Å²) in [4.78, 5) is 37.2. The number of aryl methyl sites for hydroxylation is 2. The summed E-state index contributed by atoms with van der Waals surface area (Å²) >= 11 is 1.27. The standard InChI is InChI=1S/C21H21NO6S/c1-11-5-6-15-14(9-27-16(15)7-11)8-18(24)28-10-17(23)22-20-19(21(25)26-4)12(2)13(3)29-20/h5-7,9H,8,10H2,1-4H3,(H,22,23). The highest BCUT2D eigenvalue weighted by Gasteiger charge is 2.22. The van der Waals surface area contributed by atoms with E-state index < -0.39 is 24.5 Å². The molecule has 0 aliphatic rings. The van der Waals surface area contributed by atoms with Gasteiger partial charge < -0.3 is 19.2 Å². The summed E-state index contributed by atoms with van der Waals surface area (Å²) in [6.45, 7) is 5.13. The number of carbonyl (C=O) groups is 3. The molecule has 3 rings (SSSR count). The number of ether oxygens (including phenoxy) is 2. The molecule has 1 amide bonds. The van der Waals surface area contributed by atoms with Gasteiger partial charge in [0.2, 0.25) is 0 Å². The summed E-state index contributed by atoms with van der Waals surface area (Å²) in [7, 11) is 1.28. The third-order valence-corrected chi connectivity index (χ3v) is 5.66. The second kappa shape index (κ2) is 8.48. The first-order valence-corrected chi connectivity index (χ1v) is 9.72. The van der Waals surface area contributed by atoms with Crippen LogP contribution in [0.15, 0.2) is 28.9 Å². The maximum Gasteiger partial charge on any atom is 0.341 e. The molecule has 0 atom stereocenters. The Bertz CT molecular complexity index is 1090. The summed E-state index contributed by atoms with van der Waals surface area (Å²) in [5, 5.41) is 3.84. The summed E-state index contributed by atoms with van der Waals surface area (Å²) in [6, 6.07) is 5.71. The van der Waals surface area contributed by atoms with Crippen LogP contribution in [0.1, 0.15) is 31.9 Å². The lowest BCUT2D eigenvalue weighted by atomic mass is 10.1. The second-order valence-electron chi connectivity index (χ2n) is 6.63. The normalized spacial score (nSPS) is 10.8. The highest BCUT2D eigenvalue weighted by molar-refractivity contribution is 7.16. The maximum absolute atomic E-state index is 12.2. The van der Waals surface area contributed by atoms with Crippen molar-refractivity contribution < 1.29 is 28.3 Å². The molecule has 7 nitrogen and oxygen atoms in total. The second-order valence-corrected chi connectivity index (χ2v) is 7.85. The van der Waals surface area contributed by atoms with Crippen molar-refractivity contribution in [3.05, 3.63) is 51.6 Å². The van der Waals surface area contributed by atoms with Gasteiger partial charge in [0.1, 0.15) is 10.6 Å². The van der Waals surface area contributed by atoms with Crippen molar-refractivity contribution in [1.29, 1.82) is 0 Å². The van der Waals surface area contributed by atoms with Gasteiger partial charge in [0.05, 0.1) is 25.4 Å². The lowest BCUT2D eigenvalue weighted by molar-refractivity contribution is -0.146. The Hall–Kier alpha value is -3.13. The van der Waals surface area contributed by atoms with E-state index in [1.54, 1.807) is 6.92 Å². The third-order valence-electron chi connectivity index (χ3n) is 4.54. The number of nitrogens with one attached hydrogen (secondary N) is 1. The van der Waals surface area contributed by atoms with Gasteiger partial charge in [-0.3, -0.25) is 9.59 Å². The van der Waals surface area contributed by atoms with Crippen LogP contribution in [0.2, 0.25) is 0 Å². The molecule has 1 N–H and O–H groups in total. The topological polar surface area (TPSA) is 94.8 Å². The fourth-order valence-corrected chi connectivity index (χ4v) is 3.97. The summed E-state index contributed by atoms with van der Waals surface area (Å²) in [5.74, 6) is -1.60. The molecule has 152 valence electrons. The highest BCUT2D eigenvalue weighted by Crippen LogP contribution is 2.32. The van der Waals surface area contributed by atoms with Crippen LogP contribution >= 0.6 is 11.3 Å². The third kappa shape index (κ3) is 4.48. The Morgan fingerprint density at radius 2 is 1.93 bits per heavy atom. The fraction of sp³-hybridized carbons (Fsp3) is 0.286. The van der Waals surface area contributed by atoms with Gasteiger partial charge in [-0.05, 0) is 38.0 Å². The first kappa shape index (κ1) is 20.6. The van der Waals surface area contributed by atoms with E-state index in [4.69, 9.17) is 13.9 Å². The van der Waals surface area contributed by atoms with Crippen LogP contribution in [0.4, 0.5) is 5.00 Å². The van der Waals surface area contributed by atoms with Crippen molar-refractivity contribution in [1.82, 2.24) is 0 Å². The molecule has 0 spiro atoms. The molecule has 0 unspecified atom stereocenters. The average molecular weight is 415 g/mol. The first-order chi connectivity index (χ1) is 13.8. The molecule has 2 aromatic heterocycles.